The fourth-order valence-electron chi connectivity index (χ4n) is 7.31. The number of hydrogen-bond donors (Lipinski definition) is 1. The maximum Gasteiger partial charge on any atom is 0.407 e. The Hall–Kier alpha value is -4.90. The number of piperazine rings is 1. The molecule has 3 heterocycles. The van der Waals surface area contributed by atoms with E-state index in [9.17, 15) is 14.4 Å². The van der Waals surface area contributed by atoms with E-state index < -0.39 is 17.7 Å². The second kappa shape index (κ2) is 16.6. The molecule has 2 atom stereocenters. The largest absolute Gasteiger partial charge is 0.444 e. The predicted octanol–water partition coefficient (Wildman–Crippen LogP) is 6.16. The number of anilines is 2. The molecule has 0 unspecified atom stereocenters. The van der Waals surface area contributed by atoms with E-state index in [-0.39, 0.29) is 24.2 Å². The standard InChI is InChI=1S/C41H52N6O5/c1-41(2,3)52-40(50)42-32(26-30-17-19-33(20-18-30)44-23-24-46(38(49)29-44)34-13-6-5-7-14-34)27-37(48)45-21-10-12-31(28-45)39-43-35-15-8-9-16-36(35)47(39)22-11-25-51-4/h5-9,13-20,31-32H,10-12,21-29H2,1-4H3,(H,42,50)/t31-,32-/m1/s1. The highest BCUT2D eigenvalue weighted by Crippen LogP contribution is 2.30. The van der Waals surface area contributed by atoms with Crippen LogP contribution in [0.1, 0.15) is 63.8 Å². The molecule has 1 aromatic heterocycles. The average molecular weight is 709 g/mol. The first-order valence-corrected chi connectivity index (χ1v) is 18.5. The van der Waals surface area contributed by atoms with Gasteiger partial charge < -0.3 is 34.1 Å². The Balaban J connectivity index is 1.12. The van der Waals surface area contributed by atoms with Crippen LogP contribution in [-0.4, -0.2) is 90.4 Å². The molecular weight excluding hydrogens is 656 g/mol. The van der Waals surface area contributed by atoms with Crippen molar-refractivity contribution in [3.05, 3.63) is 90.3 Å². The highest BCUT2D eigenvalue weighted by Gasteiger charge is 2.31. The Kier molecular flexibility index (Phi) is 11.8. The predicted molar refractivity (Wildman–Crippen MR) is 204 cm³/mol. The molecule has 2 fully saturated rings. The van der Waals surface area contributed by atoms with Crippen molar-refractivity contribution in [2.75, 3.05) is 56.2 Å². The number of fused-ring (bicyclic) bond motifs is 1. The van der Waals surface area contributed by atoms with Crippen molar-refractivity contribution in [1.29, 1.82) is 0 Å². The van der Waals surface area contributed by atoms with Crippen molar-refractivity contribution in [1.82, 2.24) is 19.8 Å². The molecule has 276 valence electrons. The van der Waals surface area contributed by atoms with Gasteiger partial charge in [-0.25, -0.2) is 9.78 Å². The van der Waals surface area contributed by atoms with Crippen molar-refractivity contribution < 1.29 is 23.9 Å². The number of nitrogens with one attached hydrogen (secondary N) is 1. The van der Waals surface area contributed by atoms with Crippen LogP contribution >= 0.6 is 0 Å². The second-order valence-electron chi connectivity index (χ2n) is 14.9. The molecule has 3 aromatic carbocycles. The summed E-state index contributed by atoms with van der Waals surface area (Å²) in [6.07, 6.45) is 2.77. The van der Waals surface area contributed by atoms with Crippen LogP contribution in [0.3, 0.4) is 0 Å². The summed E-state index contributed by atoms with van der Waals surface area (Å²) in [6.45, 7) is 9.82. The van der Waals surface area contributed by atoms with Crippen LogP contribution in [0.15, 0.2) is 78.9 Å². The summed E-state index contributed by atoms with van der Waals surface area (Å²) in [5.41, 5.74) is 4.26. The summed E-state index contributed by atoms with van der Waals surface area (Å²) in [6, 6.07) is 25.5. The number of nitrogens with zero attached hydrogens (tertiary/aromatic N) is 5. The van der Waals surface area contributed by atoms with Gasteiger partial charge >= 0.3 is 6.09 Å². The zero-order chi connectivity index (χ0) is 36.7. The molecule has 2 saturated heterocycles. The third kappa shape index (κ3) is 9.30. The smallest absolute Gasteiger partial charge is 0.407 e. The molecule has 0 aliphatic carbocycles. The first-order chi connectivity index (χ1) is 25.1. The molecule has 52 heavy (non-hydrogen) atoms. The molecule has 0 saturated carbocycles. The molecule has 11 nitrogen and oxygen atoms in total. The second-order valence-corrected chi connectivity index (χ2v) is 14.9. The molecule has 2 aliphatic rings. The minimum Gasteiger partial charge on any atom is -0.444 e. The summed E-state index contributed by atoms with van der Waals surface area (Å²) in [5.74, 6) is 1.18. The van der Waals surface area contributed by atoms with Crippen LogP contribution in [0.2, 0.25) is 0 Å². The first-order valence-electron chi connectivity index (χ1n) is 18.5. The molecular formula is C41H52N6O5. The Morgan fingerprint density at radius 1 is 0.942 bits per heavy atom. The Morgan fingerprint density at radius 3 is 2.42 bits per heavy atom. The number of imidazole rings is 1. The Bertz CT molecular complexity index is 1820. The molecule has 3 amide bonds. The SMILES string of the molecule is COCCCn1c([C@@H]2CCCN(C(=O)C[C@@H](Cc3ccc(N4CCN(c5ccccc5)C(=O)C4)cc3)NC(=O)OC(C)(C)C)C2)nc2ccccc21. The van der Waals surface area contributed by atoms with Gasteiger partial charge in [0.1, 0.15) is 11.4 Å². The number of piperidine rings is 1. The lowest BCUT2D eigenvalue weighted by Gasteiger charge is -2.35. The van der Waals surface area contributed by atoms with Gasteiger partial charge in [-0.3, -0.25) is 9.59 Å². The van der Waals surface area contributed by atoms with Crippen LogP contribution < -0.4 is 15.1 Å². The maximum absolute atomic E-state index is 14.0. The van der Waals surface area contributed by atoms with E-state index in [1.54, 1.807) is 7.11 Å². The topological polar surface area (TPSA) is 109 Å². The summed E-state index contributed by atoms with van der Waals surface area (Å²) in [7, 11) is 1.72. The van der Waals surface area contributed by atoms with Gasteiger partial charge in [-0.05, 0) is 88.4 Å². The van der Waals surface area contributed by atoms with Gasteiger partial charge in [0.05, 0.1) is 17.6 Å². The van der Waals surface area contributed by atoms with E-state index in [0.717, 1.165) is 66.1 Å². The minimum absolute atomic E-state index is 0.000720. The lowest BCUT2D eigenvalue weighted by atomic mass is 9.95. The zero-order valence-corrected chi connectivity index (χ0v) is 30.9. The molecule has 0 radical (unpaired) electrons. The van der Waals surface area contributed by atoms with Crippen molar-refractivity contribution in [2.45, 2.75) is 77.0 Å². The summed E-state index contributed by atoms with van der Waals surface area (Å²) >= 11 is 0. The normalized spacial score (nSPS) is 17.3. The van der Waals surface area contributed by atoms with Gasteiger partial charge in [0.25, 0.3) is 0 Å². The maximum atomic E-state index is 14.0. The molecule has 2 aliphatic heterocycles. The molecule has 0 spiro atoms. The van der Waals surface area contributed by atoms with Gasteiger partial charge in [0.2, 0.25) is 11.8 Å². The van der Waals surface area contributed by atoms with Crippen molar-refractivity contribution in [3.8, 4) is 0 Å². The van der Waals surface area contributed by atoms with Crippen LogP contribution in [0.25, 0.3) is 11.0 Å². The monoisotopic (exact) mass is 708 g/mol. The lowest BCUT2D eigenvalue weighted by molar-refractivity contribution is -0.133. The number of aromatic nitrogens is 2. The number of alkyl carbamates (subject to hydrolysis) is 1. The summed E-state index contributed by atoms with van der Waals surface area (Å²) < 4.78 is 13.2. The van der Waals surface area contributed by atoms with Crippen molar-refractivity contribution in [2.24, 2.45) is 0 Å². The van der Waals surface area contributed by atoms with E-state index in [2.05, 4.69) is 20.9 Å². The number of amides is 3. The van der Waals surface area contributed by atoms with E-state index in [4.69, 9.17) is 14.5 Å². The summed E-state index contributed by atoms with van der Waals surface area (Å²) in [4.78, 5) is 50.9. The summed E-state index contributed by atoms with van der Waals surface area (Å²) in [5, 5.41) is 3.00. The lowest BCUT2D eigenvalue weighted by Crippen LogP contribution is -2.50. The quantitative estimate of drug-likeness (QED) is 0.176. The van der Waals surface area contributed by atoms with Crippen molar-refractivity contribution >= 4 is 40.3 Å². The number of carbonyl (C=O) groups excluding carboxylic acids is 3. The Labute approximate surface area is 306 Å². The number of carbonyl (C=O) groups is 3. The van der Waals surface area contributed by atoms with E-state index in [1.807, 2.05) is 103 Å². The van der Waals surface area contributed by atoms with Crippen LogP contribution in [0, 0.1) is 0 Å². The fraction of sp³-hybridized carbons (Fsp3) is 0.463. The number of ether oxygens (including phenoxy) is 2. The van der Waals surface area contributed by atoms with Gasteiger partial charge in [0, 0.05) is 76.2 Å². The zero-order valence-electron chi connectivity index (χ0n) is 30.9. The average Bonchev–Trinajstić information content (AvgIpc) is 3.50. The van der Waals surface area contributed by atoms with Gasteiger partial charge in [0.15, 0.2) is 0 Å². The first kappa shape index (κ1) is 36.9. The highest BCUT2D eigenvalue weighted by molar-refractivity contribution is 5.97. The van der Waals surface area contributed by atoms with Crippen molar-refractivity contribution in [3.63, 3.8) is 0 Å². The third-order valence-corrected chi connectivity index (χ3v) is 9.77. The third-order valence-electron chi connectivity index (χ3n) is 9.77. The number of aryl methyl sites for hydroxylation is 1. The van der Waals surface area contributed by atoms with Crippen LogP contribution in [0.5, 0.6) is 0 Å². The van der Waals surface area contributed by atoms with Gasteiger partial charge in [-0.1, -0.05) is 42.5 Å². The number of hydrogen-bond acceptors (Lipinski definition) is 7. The molecule has 0 bridgehead atoms. The number of likely N-dealkylation sites (tertiary alicyclic amines) is 1. The molecule has 1 N–H and O–H groups in total. The number of benzene rings is 3. The minimum atomic E-state index is -0.670. The van der Waals surface area contributed by atoms with Crippen LogP contribution in [-0.2, 0) is 32.0 Å². The van der Waals surface area contributed by atoms with Gasteiger partial charge in [-0.15, -0.1) is 0 Å². The Morgan fingerprint density at radius 2 is 1.69 bits per heavy atom. The van der Waals surface area contributed by atoms with E-state index in [0.29, 0.717) is 39.2 Å². The number of para-hydroxylation sites is 3. The number of rotatable bonds is 12. The van der Waals surface area contributed by atoms with Crippen LogP contribution in [0.4, 0.5) is 16.2 Å². The van der Waals surface area contributed by atoms with E-state index in [1.165, 1.54) is 0 Å². The fourth-order valence-corrected chi connectivity index (χ4v) is 7.31. The molecule has 6 rings (SSSR count). The van der Waals surface area contributed by atoms with Gasteiger partial charge in [-0.2, -0.15) is 0 Å². The number of methoxy groups -OCH3 is 1. The molecule has 11 heteroatoms. The van der Waals surface area contributed by atoms with E-state index >= 15 is 0 Å². The molecule has 4 aromatic rings. The highest BCUT2D eigenvalue weighted by atomic mass is 16.6.